The van der Waals surface area contributed by atoms with Gasteiger partial charge in [-0.3, -0.25) is 4.79 Å². The first kappa shape index (κ1) is 16.9. The van der Waals surface area contributed by atoms with Gasteiger partial charge in [-0.2, -0.15) is 0 Å². The Morgan fingerprint density at radius 1 is 1.28 bits per heavy atom. The van der Waals surface area contributed by atoms with E-state index in [-0.39, 0.29) is 17.4 Å². The molecule has 0 saturated carbocycles. The molecule has 4 nitrogen and oxygen atoms in total. The highest BCUT2D eigenvalue weighted by molar-refractivity contribution is 5.82. The molecule has 0 radical (unpaired) electrons. The van der Waals surface area contributed by atoms with Gasteiger partial charge in [-0.15, -0.1) is 0 Å². The summed E-state index contributed by atoms with van der Waals surface area (Å²) in [5.41, 5.74) is 2.73. The molecule has 0 N–H and O–H groups in total. The summed E-state index contributed by atoms with van der Waals surface area (Å²) in [5, 5.41) is 0. The van der Waals surface area contributed by atoms with Crippen molar-refractivity contribution < 1.29 is 9.53 Å². The van der Waals surface area contributed by atoms with E-state index in [1.807, 2.05) is 4.90 Å². The molecule has 1 amide bonds. The van der Waals surface area contributed by atoms with Crippen molar-refractivity contribution in [3.05, 3.63) is 29.8 Å². The van der Waals surface area contributed by atoms with E-state index in [4.69, 9.17) is 4.74 Å². The lowest BCUT2D eigenvalue weighted by atomic mass is 9.80. The van der Waals surface area contributed by atoms with Crippen molar-refractivity contribution in [2.24, 2.45) is 5.92 Å². The summed E-state index contributed by atoms with van der Waals surface area (Å²) in [4.78, 5) is 17.3. The van der Waals surface area contributed by atoms with Gasteiger partial charge in [-0.05, 0) is 43.2 Å². The van der Waals surface area contributed by atoms with Gasteiger partial charge in [0.1, 0.15) is 6.10 Å². The first-order chi connectivity index (χ1) is 12.1. The lowest BCUT2D eigenvalue weighted by Crippen LogP contribution is -2.39. The highest BCUT2D eigenvalue weighted by Crippen LogP contribution is 2.47. The van der Waals surface area contributed by atoms with E-state index in [1.54, 1.807) is 0 Å². The van der Waals surface area contributed by atoms with Gasteiger partial charge < -0.3 is 14.5 Å². The zero-order valence-corrected chi connectivity index (χ0v) is 15.5. The van der Waals surface area contributed by atoms with Crippen molar-refractivity contribution in [2.45, 2.75) is 51.0 Å². The molecule has 0 aromatic heterocycles. The van der Waals surface area contributed by atoms with Gasteiger partial charge in [-0.1, -0.05) is 32.0 Å². The molecular formula is C21H30N2O2. The minimum Gasteiger partial charge on any atom is -0.370 e. The summed E-state index contributed by atoms with van der Waals surface area (Å²) in [5.74, 6) is 0.917. The second-order valence-electron chi connectivity index (χ2n) is 8.44. The van der Waals surface area contributed by atoms with Crippen LogP contribution in [0.5, 0.6) is 0 Å². The van der Waals surface area contributed by atoms with Crippen LogP contribution >= 0.6 is 0 Å². The van der Waals surface area contributed by atoms with E-state index in [0.29, 0.717) is 12.5 Å². The van der Waals surface area contributed by atoms with Crippen molar-refractivity contribution in [3.63, 3.8) is 0 Å². The quantitative estimate of drug-likeness (QED) is 0.842. The molecule has 2 saturated heterocycles. The number of rotatable bonds is 4. The predicted octanol–water partition coefficient (Wildman–Crippen LogP) is 3.20. The number of likely N-dealkylation sites (tertiary alicyclic amines) is 1. The first-order valence-electron chi connectivity index (χ1n) is 9.84. The monoisotopic (exact) mass is 342 g/mol. The highest BCUT2D eigenvalue weighted by Gasteiger charge is 2.50. The molecule has 0 unspecified atom stereocenters. The van der Waals surface area contributed by atoms with Crippen LogP contribution in [0.1, 0.15) is 45.1 Å². The fourth-order valence-corrected chi connectivity index (χ4v) is 4.68. The second kappa shape index (κ2) is 6.64. The summed E-state index contributed by atoms with van der Waals surface area (Å²) in [6.07, 6.45) is 4.04. The Hall–Kier alpha value is -1.55. The van der Waals surface area contributed by atoms with Gasteiger partial charge in [-0.25, -0.2) is 0 Å². The molecule has 3 heterocycles. The summed E-state index contributed by atoms with van der Waals surface area (Å²) in [7, 11) is 0. The number of hydrogen-bond donors (Lipinski definition) is 0. The third kappa shape index (κ3) is 3.05. The molecule has 4 rings (SSSR count). The Balaban J connectivity index is 1.53. The van der Waals surface area contributed by atoms with Gasteiger partial charge in [0.2, 0.25) is 0 Å². The molecule has 3 aliphatic heterocycles. The van der Waals surface area contributed by atoms with Gasteiger partial charge in [0.25, 0.3) is 5.91 Å². The zero-order chi connectivity index (χ0) is 17.4. The molecular weight excluding hydrogens is 312 g/mol. The second-order valence-corrected chi connectivity index (χ2v) is 8.44. The minimum atomic E-state index is -0.254. The first-order valence-corrected chi connectivity index (χ1v) is 9.84. The number of amides is 1. The van der Waals surface area contributed by atoms with Crippen molar-refractivity contribution in [2.75, 3.05) is 37.7 Å². The predicted molar refractivity (Wildman–Crippen MR) is 100.0 cm³/mol. The molecule has 0 aliphatic carbocycles. The molecule has 3 aliphatic rings. The number of fused-ring (bicyclic) bond motifs is 2. The highest BCUT2D eigenvalue weighted by atomic mass is 16.5. The molecule has 2 fully saturated rings. The molecule has 2 atom stereocenters. The topological polar surface area (TPSA) is 32.8 Å². The lowest BCUT2D eigenvalue weighted by molar-refractivity contribution is -0.139. The average Bonchev–Trinajstić information content (AvgIpc) is 3.34. The van der Waals surface area contributed by atoms with Gasteiger partial charge >= 0.3 is 0 Å². The van der Waals surface area contributed by atoms with E-state index >= 15 is 0 Å². The number of benzene rings is 1. The normalized spacial score (nSPS) is 28.4. The van der Waals surface area contributed by atoms with Crippen LogP contribution in [0, 0.1) is 5.92 Å². The molecule has 1 spiro atoms. The van der Waals surface area contributed by atoms with Gasteiger partial charge in [0.05, 0.1) is 6.61 Å². The molecule has 136 valence electrons. The van der Waals surface area contributed by atoms with E-state index in [9.17, 15) is 4.79 Å². The van der Waals surface area contributed by atoms with Crippen LogP contribution in [0.4, 0.5) is 5.69 Å². The van der Waals surface area contributed by atoms with E-state index in [1.165, 1.54) is 17.7 Å². The van der Waals surface area contributed by atoms with Crippen molar-refractivity contribution in [3.8, 4) is 0 Å². The van der Waals surface area contributed by atoms with Crippen LogP contribution in [0.3, 0.4) is 0 Å². The molecule has 0 bridgehead atoms. The fourth-order valence-electron chi connectivity index (χ4n) is 4.68. The Labute approximate surface area is 151 Å². The van der Waals surface area contributed by atoms with Crippen molar-refractivity contribution in [1.29, 1.82) is 0 Å². The number of carbonyl (C=O) groups excluding carboxylic acids is 1. The maximum atomic E-state index is 12.8. The fraction of sp³-hybridized carbons (Fsp3) is 0.667. The summed E-state index contributed by atoms with van der Waals surface area (Å²) in [6, 6.07) is 8.74. The van der Waals surface area contributed by atoms with Crippen LogP contribution in [-0.2, 0) is 14.9 Å². The number of carbonyl (C=O) groups is 1. The average molecular weight is 342 g/mol. The molecule has 1 aromatic rings. The number of ether oxygens (including phenoxy) is 1. The molecule has 4 heteroatoms. The smallest absolute Gasteiger partial charge is 0.251 e. The number of hydrogen-bond acceptors (Lipinski definition) is 3. The maximum absolute atomic E-state index is 12.8. The standard InChI is InChI=1S/C21H30N2O2/c1-16(2)9-12-23-14-21(17-7-3-4-8-18(17)23)13-19(25-15-21)20(24)22-10-5-6-11-22/h3-4,7-8,16,19H,5-6,9-15H2,1-2H3/t19-,21-/m0/s1. The summed E-state index contributed by atoms with van der Waals surface area (Å²) >= 11 is 0. The van der Waals surface area contributed by atoms with Crippen LogP contribution < -0.4 is 4.90 Å². The Morgan fingerprint density at radius 3 is 2.80 bits per heavy atom. The van der Waals surface area contributed by atoms with Crippen molar-refractivity contribution in [1.82, 2.24) is 4.90 Å². The third-order valence-electron chi connectivity index (χ3n) is 6.12. The number of para-hydroxylation sites is 1. The molecule has 25 heavy (non-hydrogen) atoms. The van der Waals surface area contributed by atoms with E-state index in [2.05, 4.69) is 43.0 Å². The van der Waals surface area contributed by atoms with Crippen LogP contribution in [-0.4, -0.2) is 49.7 Å². The Morgan fingerprint density at radius 2 is 2.04 bits per heavy atom. The van der Waals surface area contributed by atoms with Gasteiger partial charge in [0.15, 0.2) is 0 Å². The molecule has 1 aromatic carbocycles. The minimum absolute atomic E-state index is 0.00633. The summed E-state index contributed by atoms with van der Waals surface area (Å²) < 4.78 is 6.08. The number of nitrogens with zero attached hydrogens (tertiary/aromatic N) is 2. The Bertz CT molecular complexity index is 639. The van der Waals surface area contributed by atoms with E-state index in [0.717, 1.165) is 45.4 Å². The third-order valence-corrected chi connectivity index (χ3v) is 6.12. The van der Waals surface area contributed by atoms with E-state index < -0.39 is 0 Å². The summed E-state index contributed by atoms with van der Waals surface area (Å²) in [6.45, 7) is 9.12. The van der Waals surface area contributed by atoms with Gasteiger partial charge in [0, 0.05) is 37.3 Å². The van der Waals surface area contributed by atoms with Crippen LogP contribution in [0.25, 0.3) is 0 Å². The SMILES string of the molecule is CC(C)CCN1C[C@@]2(CO[C@H](C(=O)N3CCCC3)C2)c2ccccc21. The number of anilines is 1. The zero-order valence-electron chi connectivity index (χ0n) is 15.5. The van der Waals surface area contributed by atoms with Crippen LogP contribution in [0.15, 0.2) is 24.3 Å². The largest absolute Gasteiger partial charge is 0.370 e. The van der Waals surface area contributed by atoms with Crippen LogP contribution in [0.2, 0.25) is 0 Å². The Kier molecular flexibility index (Phi) is 4.48. The maximum Gasteiger partial charge on any atom is 0.251 e. The lowest BCUT2D eigenvalue weighted by Gasteiger charge is -2.25. The van der Waals surface area contributed by atoms with Crippen molar-refractivity contribution >= 4 is 11.6 Å².